The first kappa shape index (κ1) is 16.5. The van der Waals surface area contributed by atoms with Gasteiger partial charge in [-0.05, 0) is 13.0 Å². The van der Waals surface area contributed by atoms with Gasteiger partial charge >= 0.3 is 0 Å². The van der Waals surface area contributed by atoms with Gasteiger partial charge in [-0.2, -0.15) is 5.26 Å². The summed E-state index contributed by atoms with van der Waals surface area (Å²) >= 11 is 6.22. The van der Waals surface area contributed by atoms with Crippen molar-refractivity contribution >= 4 is 34.1 Å². The summed E-state index contributed by atoms with van der Waals surface area (Å²) in [5.41, 5.74) is 1.95. The van der Waals surface area contributed by atoms with Crippen molar-refractivity contribution < 1.29 is 9.90 Å². The van der Waals surface area contributed by atoms with E-state index in [-0.39, 0.29) is 5.91 Å². The first-order valence-electron chi connectivity index (χ1n) is 7.72. The molecule has 0 bridgehead atoms. The number of fused-ring (bicyclic) bond motifs is 1. The van der Waals surface area contributed by atoms with Gasteiger partial charge in [0.05, 0.1) is 21.8 Å². The van der Waals surface area contributed by atoms with E-state index in [2.05, 4.69) is 16.0 Å². The molecule has 1 saturated heterocycles. The summed E-state index contributed by atoms with van der Waals surface area (Å²) in [5.74, 6) is -0.266. The maximum atomic E-state index is 11.9. The maximum absolute atomic E-state index is 11.9. The van der Waals surface area contributed by atoms with Crippen molar-refractivity contribution in [3.8, 4) is 6.07 Å². The van der Waals surface area contributed by atoms with Crippen molar-refractivity contribution in [2.45, 2.75) is 13.0 Å². The minimum Gasteiger partial charge on any atom is -0.384 e. The number of aliphatic hydroxyl groups excluding tert-OH is 1. The monoisotopic (exact) mass is 344 g/mol. The Kier molecular flexibility index (Phi) is 4.56. The Hall–Kier alpha value is -2.36. The van der Waals surface area contributed by atoms with Crippen LogP contribution in [0.1, 0.15) is 12.5 Å². The molecule has 2 heterocycles. The third-order valence-electron chi connectivity index (χ3n) is 4.21. The average molecular weight is 345 g/mol. The topological polar surface area (TPSA) is 80.5 Å². The van der Waals surface area contributed by atoms with Crippen LogP contribution in [0.3, 0.4) is 0 Å². The quantitative estimate of drug-likeness (QED) is 0.898. The Balaban J connectivity index is 1.95. The summed E-state index contributed by atoms with van der Waals surface area (Å²) in [6.45, 7) is 3.64. The van der Waals surface area contributed by atoms with Crippen LogP contribution in [0.4, 0.5) is 5.69 Å². The first-order chi connectivity index (χ1) is 11.5. The molecule has 0 saturated carbocycles. The highest BCUT2D eigenvalue weighted by molar-refractivity contribution is 6.35. The summed E-state index contributed by atoms with van der Waals surface area (Å²) in [5, 5.41) is 20.3. The van der Waals surface area contributed by atoms with Crippen LogP contribution in [0.2, 0.25) is 5.02 Å². The molecule has 1 amide bonds. The Morgan fingerprint density at radius 1 is 1.38 bits per heavy atom. The number of hydrogen-bond acceptors (Lipinski definition) is 5. The molecule has 3 rings (SSSR count). The van der Waals surface area contributed by atoms with E-state index < -0.39 is 6.10 Å². The third kappa shape index (κ3) is 2.88. The van der Waals surface area contributed by atoms with E-state index in [0.29, 0.717) is 42.3 Å². The molecule has 1 atom stereocenters. The number of piperazine rings is 1. The number of nitriles is 1. The van der Waals surface area contributed by atoms with Crippen molar-refractivity contribution in [1.82, 2.24) is 9.88 Å². The Bertz CT molecular complexity index is 823. The predicted octanol–water partition coefficient (Wildman–Crippen LogP) is 1.79. The number of aliphatic hydroxyl groups is 1. The number of rotatable bonds is 2. The predicted molar refractivity (Wildman–Crippen MR) is 91.9 cm³/mol. The van der Waals surface area contributed by atoms with Gasteiger partial charge in [0.15, 0.2) is 0 Å². The molecule has 1 aliphatic rings. The molecular weight excluding hydrogens is 328 g/mol. The SMILES string of the molecule is C[C@@H](O)C(=O)N1CCN(c2c(C#N)cnc3c(Cl)cccc23)CC1. The van der Waals surface area contributed by atoms with Gasteiger partial charge in [0.1, 0.15) is 12.2 Å². The third-order valence-corrected chi connectivity index (χ3v) is 4.51. The summed E-state index contributed by atoms with van der Waals surface area (Å²) < 4.78 is 0. The molecule has 6 nitrogen and oxygen atoms in total. The van der Waals surface area contributed by atoms with Crippen molar-refractivity contribution in [2.75, 3.05) is 31.1 Å². The number of halogens is 1. The molecule has 24 heavy (non-hydrogen) atoms. The summed E-state index contributed by atoms with van der Waals surface area (Å²) in [7, 11) is 0. The second kappa shape index (κ2) is 6.63. The average Bonchev–Trinajstić information content (AvgIpc) is 2.60. The molecule has 1 fully saturated rings. The van der Waals surface area contributed by atoms with Crippen LogP contribution in [0.15, 0.2) is 24.4 Å². The molecule has 0 aliphatic carbocycles. The minimum absolute atomic E-state index is 0.266. The molecule has 1 aromatic heterocycles. The van der Waals surface area contributed by atoms with Crippen LogP contribution in [-0.4, -0.2) is 53.2 Å². The summed E-state index contributed by atoms with van der Waals surface area (Å²) in [4.78, 5) is 19.9. The lowest BCUT2D eigenvalue weighted by Crippen LogP contribution is -2.51. The van der Waals surface area contributed by atoms with Crippen LogP contribution in [-0.2, 0) is 4.79 Å². The number of carbonyl (C=O) groups excluding carboxylic acids is 1. The summed E-state index contributed by atoms with van der Waals surface area (Å²) in [6, 6.07) is 7.70. The Labute approximate surface area is 144 Å². The van der Waals surface area contributed by atoms with E-state index in [1.165, 1.54) is 13.1 Å². The maximum Gasteiger partial charge on any atom is 0.251 e. The number of para-hydroxylation sites is 1. The second-order valence-corrected chi connectivity index (χ2v) is 6.16. The van der Waals surface area contributed by atoms with Gasteiger partial charge in [-0.3, -0.25) is 9.78 Å². The van der Waals surface area contributed by atoms with Crippen LogP contribution >= 0.6 is 11.6 Å². The molecule has 1 N–H and O–H groups in total. The van der Waals surface area contributed by atoms with Crippen LogP contribution < -0.4 is 4.90 Å². The lowest BCUT2D eigenvalue weighted by Gasteiger charge is -2.37. The zero-order chi connectivity index (χ0) is 17.3. The van der Waals surface area contributed by atoms with E-state index in [1.807, 2.05) is 12.1 Å². The Morgan fingerprint density at radius 3 is 2.71 bits per heavy atom. The van der Waals surface area contributed by atoms with E-state index >= 15 is 0 Å². The Morgan fingerprint density at radius 2 is 2.08 bits per heavy atom. The van der Waals surface area contributed by atoms with Gasteiger partial charge < -0.3 is 14.9 Å². The normalized spacial score (nSPS) is 16.1. The van der Waals surface area contributed by atoms with Crippen LogP contribution in [0.5, 0.6) is 0 Å². The fourth-order valence-electron chi connectivity index (χ4n) is 3.01. The van der Waals surface area contributed by atoms with Gasteiger partial charge in [0, 0.05) is 37.8 Å². The smallest absolute Gasteiger partial charge is 0.251 e. The summed E-state index contributed by atoms with van der Waals surface area (Å²) in [6.07, 6.45) is 0.545. The van der Waals surface area contributed by atoms with Crippen LogP contribution in [0.25, 0.3) is 10.9 Å². The zero-order valence-electron chi connectivity index (χ0n) is 13.2. The molecule has 0 radical (unpaired) electrons. The molecule has 7 heteroatoms. The molecule has 1 aromatic carbocycles. The molecule has 1 aliphatic heterocycles. The number of benzene rings is 1. The molecule has 0 spiro atoms. The number of amides is 1. The number of nitrogens with zero attached hydrogens (tertiary/aromatic N) is 4. The van der Waals surface area contributed by atoms with Crippen molar-refractivity contribution in [3.63, 3.8) is 0 Å². The van der Waals surface area contributed by atoms with Gasteiger partial charge in [-0.15, -0.1) is 0 Å². The number of aromatic nitrogens is 1. The minimum atomic E-state index is -0.994. The van der Waals surface area contributed by atoms with E-state index in [9.17, 15) is 15.2 Å². The highest BCUT2D eigenvalue weighted by Crippen LogP contribution is 2.33. The highest BCUT2D eigenvalue weighted by atomic mass is 35.5. The number of carbonyl (C=O) groups is 1. The second-order valence-electron chi connectivity index (χ2n) is 5.76. The molecule has 0 unspecified atom stereocenters. The van der Waals surface area contributed by atoms with E-state index in [4.69, 9.17) is 11.6 Å². The number of pyridine rings is 1. The zero-order valence-corrected chi connectivity index (χ0v) is 14.0. The highest BCUT2D eigenvalue weighted by Gasteiger charge is 2.26. The standard InChI is InChI=1S/C17H17ClN4O2/c1-11(23)17(24)22-7-5-21(6-8-22)16-12(9-19)10-20-15-13(16)3-2-4-14(15)18/h2-4,10-11,23H,5-8H2,1H3/t11-/m1/s1. The largest absolute Gasteiger partial charge is 0.384 e. The fraction of sp³-hybridized carbons (Fsp3) is 0.353. The molecule has 2 aromatic rings. The van der Waals surface area contributed by atoms with Gasteiger partial charge in [-0.25, -0.2) is 0 Å². The van der Waals surface area contributed by atoms with Gasteiger partial charge in [-0.1, -0.05) is 23.7 Å². The van der Waals surface area contributed by atoms with E-state index in [1.54, 1.807) is 11.0 Å². The molecular formula is C17H17ClN4O2. The van der Waals surface area contributed by atoms with Crippen molar-refractivity contribution in [1.29, 1.82) is 5.26 Å². The molecule has 124 valence electrons. The fourth-order valence-corrected chi connectivity index (χ4v) is 3.23. The van der Waals surface area contributed by atoms with Crippen molar-refractivity contribution in [3.05, 3.63) is 35.0 Å². The van der Waals surface area contributed by atoms with Gasteiger partial charge in [0.2, 0.25) is 0 Å². The first-order valence-corrected chi connectivity index (χ1v) is 8.10. The van der Waals surface area contributed by atoms with Crippen molar-refractivity contribution in [2.24, 2.45) is 0 Å². The van der Waals surface area contributed by atoms with Crippen LogP contribution in [0, 0.1) is 11.3 Å². The van der Waals surface area contributed by atoms with E-state index in [0.717, 1.165) is 11.1 Å². The number of hydrogen-bond donors (Lipinski definition) is 1. The lowest BCUT2D eigenvalue weighted by molar-refractivity contribution is -0.139. The lowest BCUT2D eigenvalue weighted by atomic mass is 10.1. The van der Waals surface area contributed by atoms with Gasteiger partial charge in [0.25, 0.3) is 5.91 Å². The number of anilines is 1.